The average Bonchev–Trinajstić information content (AvgIpc) is 2.74. The molecule has 5 heteroatoms. The van der Waals surface area contributed by atoms with Gasteiger partial charge in [-0.05, 0) is 19.9 Å². The maximum Gasteiger partial charge on any atom is 0.236 e. The van der Waals surface area contributed by atoms with Crippen LogP contribution in [-0.2, 0) is 18.4 Å². The number of likely N-dealkylation sites (N-methyl/N-ethyl adjacent to an activating group) is 1. The topological polar surface area (TPSA) is 41.4 Å². The molecule has 0 aliphatic carbocycles. The van der Waals surface area contributed by atoms with Gasteiger partial charge in [-0.3, -0.25) is 14.4 Å². The molecule has 0 aliphatic rings. The summed E-state index contributed by atoms with van der Waals surface area (Å²) in [6.45, 7) is 7.14. The highest BCUT2D eigenvalue weighted by Crippen LogP contribution is 2.03. The van der Waals surface area contributed by atoms with E-state index < -0.39 is 0 Å². The van der Waals surface area contributed by atoms with Gasteiger partial charge in [-0.15, -0.1) is 0 Å². The van der Waals surface area contributed by atoms with E-state index in [-0.39, 0.29) is 5.91 Å². The van der Waals surface area contributed by atoms with Crippen LogP contribution in [0.4, 0.5) is 0 Å². The largest absolute Gasteiger partial charge is 0.342 e. The van der Waals surface area contributed by atoms with Crippen molar-refractivity contribution in [2.45, 2.75) is 33.2 Å². The van der Waals surface area contributed by atoms with E-state index in [0.717, 1.165) is 38.0 Å². The predicted molar refractivity (Wildman–Crippen MR) is 76.7 cm³/mol. The van der Waals surface area contributed by atoms with E-state index >= 15 is 0 Å². The molecule has 1 aromatic heterocycles. The van der Waals surface area contributed by atoms with Crippen LogP contribution in [0.3, 0.4) is 0 Å². The summed E-state index contributed by atoms with van der Waals surface area (Å²) in [4.78, 5) is 16.2. The number of aryl methyl sites for hydroxylation is 1. The van der Waals surface area contributed by atoms with Crippen LogP contribution in [0.1, 0.15) is 32.3 Å². The molecule has 1 rings (SSSR count). The number of aromatic nitrogens is 2. The van der Waals surface area contributed by atoms with E-state index in [1.54, 1.807) is 4.68 Å². The van der Waals surface area contributed by atoms with Crippen molar-refractivity contribution in [1.82, 2.24) is 19.6 Å². The number of hydrogen-bond acceptors (Lipinski definition) is 3. The molecule has 5 nitrogen and oxygen atoms in total. The first-order valence-electron chi connectivity index (χ1n) is 7.00. The normalized spacial score (nSPS) is 11.0. The fourth-order valence-electron chi connectivity index (χ4n) is 2.15. The van der Waals surface area contributed by atoms with Gasteiger partial charge in [0.2, 0.25) is 5.91 Å². The van der Waals surface area contributed by atoms with Crippen LogP contribution in [0.15, 0.2) is 12.4 Å². The van der Waals surface area contributed by atoms with Gasteiger partial charge in [0, 0.05) is 38.4 Å². The molecule has 0 radical (unpaired) electrons. The highest BCUT2D eigenvalue weighted by atomic mass is 16.2. The van der Waals surface area contributed by atoms with Crippen LogP contribution in [0.5, 0.6) is 0 Å². The molecular weight excluding hydrogens is 240 g/mol. The van der Waals surface area contributed by atoms with Crippen LogP contribution in [0.25, 0.3) is 0 Å². The smallest absolute Gasteiger partial charge is 0.236 e. The van der Waals surface area contributed by atoms with E-state index in [9.17, 15) is 4.79 Å². The van der Waals surface area contributed by atoms with E-state index in [2.05, 4.69) is 18.9 Å². The zero-order valence-electron chi connectivity index (χ0n) is 12.6. The quantitative estimate of drug-likeness (QED) is 0.716. The highest BCUT2D eigenvalue weighted by molar-refractivity contribution is 5.78. The van der Waals surface area contributed by atoms with Gasteiger partial charge < -0.3 is 4.90 Å². The number of rotatable bonds is 8. The Kier molecular flexibility index (Phi) is 6.56. The first-order chi connectivity index (χ1) is 9.06. The van der Waals surface area contributed by atoms with Gasteiger partial charge in [-0.1, -0.05) is 13.8 Å². The first kappa shape index (κ1) is 15.7. The lowest BCUT2D eigenvalue weighted by Crippen LogP contribution is -2.39. The molecule has 0 N–H and O–H groups in total. The molecule has 0 spiro atoms. The summed E-state index contributed by atoms with van der Waals surface area (Å²) >= 11 is 0. The second-order valence-corrected chi connectivity index (χ2v) is 5.08. The molecule has 1 heterocycles. The molecular formula is C14H26N4O. The summed E-state index contributed by atoms with van der Waals surface area (Å²) in [7, 11) is 3.87. The van der Waals surface area contributed by atoms with E-state index in [4.69, 9.17) is 0 Å². The molecule has 0 unspecified atom stereocenters. The second-order valence-electron chi connectivity index (χ2n) is 5.08. The first-order valence-corrected chi connectivity index (χ1v) is 7.00. The van der Waals surface area contributed by atoms with Crippen LogP contribution in [-0.4, -0.2) is 52.2 Å². The molecule has 108 valence electrons. The fourth-order valence-corrected chi connectivity index (χ4v) is 2.15. The molecule has 0 aliphatic heterocycles. The molecule has 1 amide bonds. The molecule has 0 saturated carbocycles. The van der Waals surface area contributed by atoms with Crippen molar-refractivity contribution in [3.63, 3.8) is 0 Å². The summed E-state index contributed by atoms with van der Waals surface area (Å²) in [6, 6.07) is 0. The van der Waals surface area contributed by atoms with Crippen LogP contribution in [0.2, 0.25) is 0 Å². The number of nitrogens with zero attached hydrogens (tertiary/aromatic N) is 4. The van der Waals surface area contributed by atoms with E-state index in [1.807, 2.05) is 36.3 Å². The van der Waals surface area contributed by atoms with Crippen molar-refractivity contribution in [2.24, 2.45) is 7.05 Å². The Morgan fingerprint density at radius 2 is 1.95 bits per heavy atom. The van der Waals surface area contributed by atoms with Crippen molar-refractivity contribution >= 4 is 5.91 Å². The maximum atomic E-state index is 12.2. The van der Waals surface area contributed by atoms with Crippen LogP contribution >= 0.6 is 0 Å². The molecule has 0 atom stereocenters. The second kappa shape index (κ2) is 7.94. The van der Waals surface area contributed by atoms with Crippen molar-refractivity contribution in [1.29, 1.82) is 0 Å². The summed E-state index contributed by atoms with van der Waals surface area (Å²) in [6.07, 6.45) is 5.85. The Morgan fingerprint density at radius 1 is 1.32 bits per heavy atom. The van der Waals surface area contributed by atoms with E-state index in [0.29, 0.717) is 6.54 Å². The highest BCUT2D eigenvalue weighted by Gasteiger charge is 2.14. The Morgan fingerprint density at radius 3 is 2.42 bits per heavy atom. The number of hydrogen-bond donors (Lipinski definition) is 0. The third kappa shape index (κ3) is 5.42. The zero-order valence-corrected chi connectivity index (χ0v) is 12.6. The molecule has 0 bridgehead atoms. The van der Waals surface area contributed by atoms with Crippen molar-refractivity contribution in [3.05, 3.63) is 18.0 Å². The van der Waals surface area contributed by atoms with Crippen molar-refractivity contribution in [3.8, 4) is 0 Å². The minimum absolute atomic E-state index is 0.218. The lowest BCUT2D eigenvalue weighted by molar-refractivity contribution is -0.132. The molecule has 19 heavy (non-hydrogen) atoms. The summed E-state index contributed by atoms with van der Waals surface area (Å²) in [5.74, 6) is 0.218. The Bertz CT molecular complexity index is 383. The SMILES string of the molecule is CCCN(CCC)C(=O)CN(C)Cc1cnn(C)c1. The van der Waals surface area contributed by atoms with Crippen molar-refractivity contribution in [2.75, 3.05) is 26.7 Å². The molecule has 1 aromatic rings. The van der Waals surface area contributed by atoms with E-state index in [1.165, 1.54) is 0 Å². The minimum atomic E-state index is 0.218. The van der Waals surface area contributed by atoms with Crippen LogP contribution < -0.4 is 0 Å². The third-order valence-corrected chi connectivity index (χ3v) is 2.96. The summed E-state index contributed by atoms with van der Waals surface area (Å²) in [5, 5.41) is 4.14. The Hall–Kier alpha value is -1.36. The number of amides is 1. The monoisotopic (exact) mass is 266 g/mol. The average molecular weight is 266 g/mol. The van der Waals surface area contributed by atoms with Gasteiger partial charge in [0.05, 0.1) is 12.7 Å². The predicted octanol–water partition coefficient (Wildman–Crippen LogP) is 1.50. The van der Waals surface area contributed by atoms with Gasteiger partial charge >= 0.3 is 0 Å². The van der Waals surface area contributed by atoms with Gasteiger partial charge in [-0.25, -0.2) is 0 Å². The zero-order chi connectivity index (χ0) is 14.3. The van der Waals surface area contributed by atoms with Crippen molar-refractivity contribution < 1.29 is 4.79 Å². The minimum Gasteiger partial charge on any atom is -0.342 e. The molecule has 0 aromatic carbocycles. The lowest BCUT2D eigenvalue weighted by atomic mass is 10.3. The Labute approximate surface area is 116 Å². The fraction of sp³-hybridized carbons (Fsp3) is 0.714. The van der Waals surface area contributed by atoms with Gasteiger partial charge in [-0.2, -0.15) is 5.10 Å². The standard InChI is InChI=1S/C14H26N4O/c1-5-7-18(8-6-2)14(19)12-16(3)10-13-9-15-17(4)11-13/h9,11H,5-8,10,12H2,1-4H3. The van der Waals surface area contributed by atoms with Gasteiger partial charge in [0.25, 0.3) is 0 Å². The number of carbonyl (C=O) groups is 1. The number of carbonyl (C=O) groups excluding carboxylic acids is 1. The molecule has 0 saturated heterocycles. The van der Waals surface area contributed by atoms with Gasteiger partial charge in [0.15, 0.2) is 0 Å². The summed E-state index contributed by atoms with van der Waals surface area (Å²) < 4.78 is 1.78. The maximum absolute atomic E-state index is 12.2. The lowest BCUT2D eigenvalue weighted by Gasteiger charge is -2.24. The van der Waals surface area contributed by atoms with Crippen LogP contribution in [0, 0.1) is 0 Å². The third-order valence-electron chi connectivity index (χ3n) is 2.96. The molecule has 0 fully saturated rings. The Balaban J connectivity index is 2.45. The summed E-state index contributed by atoms with van der Waals surface area (Å²) in [5.41, 5.74) is 1.13. The van der Waals surface area contributed by atoms with Gasteiger partial charge in [0.1, 0.15) is 0 Å².